The largest absolute Gasteiger partial charge is 0.376 e. The summed E-state index contributed by atoms with van der Waals surface area (Å²) in [6.07, 6.45) is 6.52. The minimum atomic E-state index is -3.95. The number of hydrogen-bond donors (Lipinski definition) is 2. The smallest absolute Gasteiger partial charge is 0.276 e. The number of nitrogens with zero attached hydrogens (tertiary/aromatic N) is 2. The SMILES string of the molecule is Cc1cccc(CS(=O)(=O)c2ncc(Cl)c(C(=O)Nc3sc4c(c3C(=O)NCC3CCCO3)CCCC4)n2)c1. The lowest BCUT2D eigenvalue weighted by Gasteiger charge is -2.15. The molecule has 0 spiro atoms. The summed E-state index contributed by atoms with van der Waals surface area (Å²) in [5, 5.41) is 5.57. The standard InChI is InChI=1S/C27H29ClN4O5S2/c1-16-6-4-7-17(12-16)15-39(35,36)27-30-14-20(28)23(31-27)25(34)32-26-22(19-9-2-3-10-21(19)38-26)24(33)29-13-18-8-5-11-37-18/h4,6-7,12,14,18H,2-3,5,8-11,13,15H2,1H3,(H,29,33)(H,32,34). The zero-order chi connectivity index (χ0) is 27.6. The van der Waals surface area contributed by atoms with E-state index in [0.717, 1.165) is 60.7 Å². The Hall–Kier alpha value is -2.86. The number of carbonyl (C=O) groups is 2. The highest BCUT2D eigenvalue weighted by Crippen LogP contribution is 2.38. The van der Waals surface area contributed by atoms with Crippen molar-refractivity contribution in [3.8, 4) is 0 Å². The van der Waals surface area contributed by atoms with E-state index in [-0.39, 0.29) is 28.5 Å². The van der Waals surface area contributed by atoms with Crippen LogP contribution in [-0.4, -0.2) is 49.5 Å². The molecule has 5 rings (SSSR count). The summed E-state index contributed by atoms with van der Waals surface area (Å²) in [7, 11) is -3.95. The van der Waals surface area contributed by atoms with Crippen LogP contribution in [0.1, 0.15) is 68.1 Å². The minimum Gasteiger partial charge on any atom is -0.376 e. The summed E-state index contributed by atoms with van der Waals surface area (Å²) in [5.74, 6) is -1.29. The van der Waals surface area contributed by atoms with Gasteiger partial charge in [-0.3, -0.25) is 9.59 Å². The van der Waals surface area contributed by atoms with Gasteiger partial charge in [0.25, 0.3) is 11.8 Å². The second-order valence-corrected chi connectivity index (χ2v) is 13.2. The van der Waals surface area contributed by atoms with Crippen molar-refractivity contribution >= 4 is 49.6 Å². The van der Waals surface area contributed by atoms with Gasteiger partial charge in [-0.25, -0.2) is 18.4 Å². The van der Waals surface area contributed by atoms with Gasteiger partial charge >= 0.3 is 0 Å². The number of rotatable bonds is 8. The molecule has 2 aromatic heterocycles. The molecule has 1 aliphatic heterocycles. The lowest BCUT2D eigenvalue weighted by atomic mass is 9.95. The topological polar surface area (TPSA) is 127 Å². The number of aromatic nitrogens is 2. The average molecular weight is 589 g/mol. The van der Waals surface area contributed by atoms with Crippen LogP contribution < -0.4 is 10.6 Å². The molecule has 206 valence electrons. The number of halogens is 1. The van der Waals surface area contributed by atoms with Gasteiger partial charge in [0.05, 0.1) is 28.6 Å². The summed E-state index contributed by atoms with van der Waals surface area (Å²) in [6.45, 7) is 2.96. The summed E-state index contributed by atoms with van der Waals surface area (Å²) >= 11 is 7.61. The number of thiophene rings is 1. The van der Waals surface area contributed by atoms with E-state index in [0.29, 0.717) is 29.3 Å². The summed E-state index contributed by atoms with van der Waals surface area (Å²) in [4.78, 5) is 35.6. The number of benzene rings is 1. The van der Waals surface area contributed by atoms with Crippen molar-refractivity contribution in [2.24, 2.45) is 0 Å². The van der Waals surface area contributed by atoms with Crippen LogP contribution in [0, 0.1) is 6.92 Å². The maximum atomic E-state index is 13.3. The van der Waals surface area contributed by atoms with Crippen LogP contribution in [0.5, 0.6) is 0 Å². The summed E-state index contributed by atoms with van der Waals surface area (Å²) < 4.78 is 31.7. The fourth-order valence-corrected chi connectivity index (χ4v) is 7.55. The van der Waals surface area contributed by atoms with Crippen LogP contribution in [0.15, 0.2) is 35.6 Å². The van der Waals surface area contributed by atoms with E-state index in [1.165, 1.54) is 11.3 Å². The van der Waals surface area contributed by atoms with Gasteiger partial charge in [-0.05, 0) is 56.6 Å². The predicted molar refractivity (Wildman–Crippen MR) is 149 cm³/mol. The predicted octanol–water partition coefficient (Wildman–Crippen LogP) is 4.51. The molecular weight excluding hydrogens is 560 g/mol. The molecule has 2 aliphatic rings. The molecule has 1 atom stereocenters. The van der Waals surface area contributed by atoms with Crippen LogP contribution in [0.2, 0.25) is 5.02 Å². The number of nitrogens with one attached hydrogen (secondary N) is 2. The van der Waals surface area contributed by atoms with Gasteiger partial charge < -0.3 is 15.4 Å². The van der Waals surface area contributed by atoms with E-state index < -0.39 is 20.9 Å². The molecule has 0 bridgehead atoms. The maximum Gasteiger partial charge on any atom is 0.276 e. The fraction of sp³-hybridized carbons (Fsp3) is 0.407. The normalized spacial score (nSPS) is 17.0. The van der Waals surface area contributed by atoms with Crippen molar-refractivity contribution < 1.29 is 22.7 Å². The van der Waals surface area contributed by atoms with Crippen LogP contribution in [0.25, 0.3) is 0 Å². The third-order valence-corrected chi connectivity index (χ3v) is 9.74. The van der Waals surface area contributed by atoms with Crippen molar-refractivity contribution in [1.82, 2.24) is 15.3 Å². The molecule has 2 N–H and O–H groups in total. The van der Waals surface area contributed by atoms with E-state index in [9.17, 15) is 18.0 Å². The molecule has 3 aromatic rings. The lowest BCUT2D eigenvalue weighted by Crippen LogP contribution is -2.32. The Morgan fingerprint density at radius 3 is 2.77 bits per heavy atom. The van der Waals surface area contributed by atoms with Crippen molar-refractivity contribution in [3.63, 3.8) is 0 Å². The molecule has 1 fully saturated rings. The molecule has 9 nitrogen and oxygen atoms in total. The van der Waals surface area contributed by atoms with Gasteiger partial charge in [0.1, 0.15) is 5.00 Å². The number of ether oxygens (including phenoxy) is 1. The number of amides is 2. The number of fused-ring (bicyclic) bond motifs is 1. The number of hydrogen-bond acceptors (Lipinski definition) is 8. The van der Waals surface area contributed by atoms with Gasteiger partial charge in [0.15, 0.2) is 5.69 Å². The average Bonchev–Trinajstić information content (AvgIpc) is 3.55. The number of carbonyl (C=O) groups excluding carboxylic acids is 2. The minimum absolute atomic E-state index is 0.0125. The molecule has 2 amide bonds. The highest BCUT2D eigenvalue weighted by Gasteiger charge is 2.29. The van der Waals surface area contributed by atoms with Crippen molar-refractivity contribution in [2.75, 3.05) is 18.5 Å². The highest BCUT2D eigenvalue weighted by molar-refractivity contribution is 7.90. The third-order valence-electron chi connectivity index (χ3n) is 6.79. The Bertz CT molecular complexity index is 1520. The summed E-state index contributed by atoms with van der Waals surface area (Å²) in [5.41, 5.74) is 2.63. The van der Waals surface area contributed by atoms with Crippen molar-refractivity contribution in [2.45, 2.75) is 62.5 Å². The van der Waals surface area contributed by atoms with Gasteiger partial charge in [-0.15, -0.1) is 11.3 Å². The monoisotopic (exact) mass is 588 g/mol. The van der Waals surface area contributed by atoms with Crippen molar-refractivity contribution in [3.05, 3.63) is 68.3 Å². The van der Waals surface area contributed by atoms with E-state index in [4.69, 9.17) is 16.3 Å². The Labute approximate surface area is 236 Å². The van der Waals surface area contributed by atoms with Gasteiger partial charge in [0, 0.05) is 18.0 Å². The Balaban J connectivity index is 1.39. The first-order chi connectivity index (χ1) is 18.7. The van der Waals surface area contributed by atoms with Crippen LogP contribution >= 0.6 is 22.9 Å². The van der Waals surface area contributed by atoms with Crippen LogP contribution in [-0.2, 0) is 33.2 Å². The summed E-state index contributed by atoms with van der Waals surface area (Å²) in [6, 6.07) is 7.12. The molecule has 12 heteroatoms. The van der Waals surface area contributed by atoms with Gasteiger partial charge in [0.2, 0.25) is 15.0 Å². The first kappa shape index (κ1) is 27.7. The zero-order valence-corrected chi connectivity index (χ0v) is 23.8. The molecular formula is C27H29ClN4O5S2. The molecule has 0 saturated carbocycles. The van der Waals surface area contributed by atoms with Gasteiger partial charge in [-0.2, -0.15) is 0 Å². The zero-order valence-electron chi connectivity index (χ0n) is 21.5. The Morgan fingerprint density at radius 1 is 1.18 bits per heavy atom. The first-order valence-corrected chi connectivity index (χ1v) is 15.7. The van der Waals surface area contributed by atoms with E-state index in [2.05, 4.69) is 20.6 Å². The molecule has 1 unspecified atom stereocenters. The molecule has 0 radical (unpaired) electrons. The molecule has 1 aliphatic carbocycles. The van der Waals surface area contributed by atoms with Gasteiger partial charge in [-0.1, -0.05) is 41.4 Å². The third kappa shape index (κ3) is 6.32. The van der Waals surface area contributed by atoms with E-state index >= 15 is 0 Å². The first-order valence-electron chi connectivity index (χ1n) is 12.9. The van der Waals surface area contributed by atoms with E-state index in [1.807, 2.05) is 13.0 Å². The molecule has 39 heavy (non-hydrogen) atoms. The Morgan fingerprint density at radius 2 is 2.00 bits per heavy atom. The second-order valence-electron chi connectivity index (χ2n) is 9.81. The molecule has 1 aromatic carbocycles. The highest BCUT2D eigenvalue weighted by atomic mass is 35.5. The van der Waals surface area contributed by atoms with E-state index in [1.54, 1.807) is 18.2 Å². The molecule has 1 saturated heterocycles. The lowest BCUT2D eigenvalue weighted by molar-refractivity contribution is 0.0858. The molecule has 3 heterocycles. The maximum absolute atomic E-state index is 13.3. The van der Waals surface area contributed by atoms with Crippen molar-refractivity contribution in [1.29, 1.82) is 0 Å². The quantitative estimate of drug-likeness (QED) is 0.371. The van der Waals surface area contributed by atoms with Crippen LogP contribution in [0.4, 0.5) is 5.00 Å². The number of aryl methyl sites for hydroxylation is 2. The van der Waals surface area contributed by atoms with Crippen LogP contribution in [0.3, 0.4) is 0 Å². The Kier molecular flexibility index (Phi) is 8.32. The fourth-order valence-electron chi connectivity index (χ4n) is 4.90. The number of sulfone groups is 1. The second kappa shape index (κ2) is 11.7. The number of anilines is 1.